The minimum Gasteiger partial charge on any atom is -0.444 e. The lowest BCUT2D eigenvalue weighted by atomic mass is 10.2. The molecule has 5 nitrogen and oxygen atoms in total. The number of benzene rings is 1. The Morgan fingerprint density at radius 2 is 2.11 bits per heavy atom. The molecule has 0 atom stereocenters. The van der Waals surface area contributed by atoms with Gasteiger partial charge in [0.2, 0.25) is 0 Å². The molecule has 0 saturated carbocycles. The minimum absolute atomic E-state index is 0.0832. The smallest absolute Gasteiger partial charge is 0.412 e. The number of aromatic nitrogens is 2. The molecule has 1 aromatic carbocycles. The lowest BCUT2D eigenvalue weighted by molar-refractivity contribution is 0.0635. The highest BCUT2D eigenvalue weighted by Crippen LogP contribution is 2.26. The first-order valence-corrected chi connectivity index (χ1v) is 5.88. The first-order chi connectivity index (χ1) is 8.76. The van der Waals surface area contributed by atoms with Gasteiger partial charge in [0, 0.05) is 18.6 Å². The number of halogens is 1. The number of carbonyl (C=O) groups is 1. The van der Waals surface area contributed by atoms with Crippen LogP contribution in [0.15, 0.2) is 18.3 Å². The highest BCUT2D eigenvalue weighted by atomic mass is 19.1. The van der Waals surface area contributed by atoms with Gasteiger partial charge in [-0.05, 0) is 32.9 Å². The number of hydrogen-bond acceptors (Lipinski definition) is 3. The maximum atomic E-state index is 13.8. The molecule has 1 aromatic heterocycles. The molecule has 6 heteroatoms. The number of anilines is 1. The van der Waals surface area contributed by atoms with Gasteiger partial charge in [-0.2, -0.15) is 5.10 Å². The molecule has 0 unspecified atom stereocenters. The Balaban J connectivity index is 2.34. The zero-order valence-corrected chi connectivity index (χ0v) is 11.3. The van der Waals surface area contributed by atoms with Crippen LogP contribution < -0.4 is 5.32 Å². The minimum atomic E-state index is -0.692. The van der Waals surface area contributed by atoms with Gasteiger partial charge in [0.05, 0.1) is 11.2 Å². The predicted molar refractivity (Wildman–Crippen MR) is 70.5 cm³/mol. The van der Waals surface area contributed by atoms with Crippen LogP contribution in [0.5, 0.6) is 0 Å². The fraction of sp³-hybridized carbons (Fsp3) is 0.385. The van der Waals surface area contributed by atoms with Gasteiger partial charge in [0.25, 0.3) is 0 Å². The Hall–Kier alpha value is -2.11. The third-order valence-corrected chi connectivity index (χ3v) is 2.38. The quantitative estimate of drug-likeness (QED) is 0.862. The fourth-order valence-electron chi connectivity index (χ4n) is 1.72. The predicted octanol–water partition coefficient (Wildman–Crippen LogP) is 3.06. The average molecular weight is 265 g/mol. The Morgan fingerprint density at radius 3 is 2.74 bits per heavy atom. The molecule has 0 bridgehead atoms. The highest BCUT2D eigenvalue weighted by Gasteiger charge is 2.19. The van der Waals surface area contributed by atoms with Crippen LogP contribution in [0.1, 0.15) is 20.8 Å². The van der Waals surface area contributed by atoms with Gasteiger partial charge < -0.3 is 4.74 Å². The van der Waals surface area contributed by atoms with Gasteiger partial charge in [-0.15, -0.1) is 0 Å². The Kier molecular flexibility index (Phi) is 3.18. The normalized spacial score (nSPS) is 11.6. The molecule has 0 spiro atoms. The van der Waals surface area contributed by atoms with Crippen LogP contribution in [0.25, 0.3) is 10.9 Å². The number of nitrogens with one attached hydrogen (secondary N) is 1. The molecule has 1 heterocycles. The first kappa shape index (κ1) is 13.3. The van der Waals surface area contributed by atoms with E-state index >= 15 is 0 Å². The summed E-state index contributed by atoms with van der Waals surface area (Å²) in [5.41, 5.74) is 0.0541. The lowest BCUT2D eigenvalue weighted by Crippen LogP contribution is -2.27. The summed E-state index contributed by atoms with van der Waals surface area (Å²) < 4.78 is 20.5. The van der Waals surface area contributed by atoms with Crippen LogP contribution in [0.2, 0.25) is 0 Å². The summed E-state index contributed by atoms with van der Waals surface area (Å²) in [6.07, 6.45) is 0.952. The van der Waals surface area contributed by atoms with Crippen LogP contribution in [0, 0.1) is 5.82 Å². The number of carbonyl (C=O) groups excluding carboxylic acids is 1. The van der Waals surface area contributed by atoms with Gasteiger partial charge in [0.15, 0.2) is 0 Å². The number of fused-ring (bicyclic) bond motifs is 1. The summed E-state index contributed by atoms with van der Waals surface area (Å²) in [4.78, 5) is 11.7. The van der Waals surface area contributed by atoms with E-state index in [9.17, 15) is 9.18 Å². The molecule has 0 fully saturated rings. The van der Waals surface area contributed by atoms with Gasteiger partial charge >= 0.3 is 6.09 Å². The third kappa shape index (κ3) is 3.01. The summed E-state index contributed by atoms with van der Waals surface area (Å²) in [5, 5.41) is 7.12. The summed E-state index contributed by atoms with van der Waals surface area (Å²) in [7, 11) is 1.73. The third-order valence-electron chi connectivity index (χ3n) is 2.38. The molecule has 19 heavy (non-hydrogen) atoms. The van der Waals surface area contributed by atoms with Crippen molar-refractivity contribution in [1.82, 2.24) is 9.78 Å². The first-order valence-electron chi connectivity index (χ1n) is 5.88. The van der Waals surface area contributed by atoms with E-state index in [1.165, 1.54) is 6.07 Å². The van der Waals surface area contributed by atoms with E-state index in [4.69, 9.17) is 4.74 Å². The van der Waals surface area contributed by atoms with E-state index in [0.717, 1.165) is 0 Å². The Labute approximate surface area is 110 Å². The summed E-state index contributed by atoms with van der Waals surface area (Å²) in [6, 6.07) is 2.83. The van der Waals surface area contributed by atoms with Crippen molar-refractivity contribution in [2.45, 2.75) is 26.4 Å². The maximum absolute atomic E-state index is 13.8. The van der Waals surface area contributed by atoms with E-state index in [2.05, 4.69) is 10.4 Å². The Morgan fingerprint density at radius 1 is 1.42 bits per heavy atom. The topological polar surface area (TPSA) is 56.2 Å². The van der Waals surface area contributed by atoms with Crippen molar-refractivity contribution < 1.29 is 13.9 Å². The fourth-order valence-corrected chi connectivity index (χ4v) is 1.72. The molecule has 0 aliphatic heterocycles. The van der Waals surface area contributed by atoms with Crippen LogP contribution in [0.3, 0.4) is 0 Å². The number of aryl methyl sites for hydroxylation is 1. The largest absolute Gasteiger partial charge is 0.444 e. The standard InChI is InChI=1S/C13H16FN3O2/c1-13(2,3)19-12(18)15-11-8-7-17(4)16-10(8)6-5-9(11)14/h5-7H,1-4H3,(H,15,18). The van der Waals surface area contributed by atoms with Crippen molar-refractivity contribution in [2.75, 3.05) is 5.32 Å². The number of nitrogens with zero attached hydrogens (tertiary/aromatic N) is 2. The molecular weight excluding hydrogens is 249 g/mol. The molecule has 1 amide bonds. The van der Waals surface area contributed by atoms with E-state index in [0.29, 0.717) is 10.9 Å². The van der Waals surface area contributed by atoms with Crippen LogP contribution in [0.4, 0.5) is 14.9 Å². The second kappa shape index (κ2) is 4.53. The van der Waals surface area contributed by atoms with E-state index in [1.54, 1.807) is 44.8 Å². The molecule has 1 N–H and O–H groups in total. The summed E-state index contributed by atoms with van der Waals surface area (Å²) in [6.45, 7) is 5.23. The monoisotopic (exact) mass is 265 g/mol. The van der Waals surface area contributed by atoms with Crippen molar-refractivity contribution in [1.29, 1.82) is 0 Å². The number of ether oxygens (including phenoxy) is 1. The van der Waals surface area contributed by atoms with Crippen LogP contribution in [-0.2, 0) is 11.8 Å². The molecule has 2 rings (SSSR count). The van der Waals surface area contributed by atoms with Crippen molar-refractivity contribution in [3.05, 3.63) is 24.1 Å². The number of rotatable bonds is 1. The van der Waals surface area contributed by atoms with E-state index < -0.39 is 17.5 Å². The van der Waals surface area contributed by atoms with Gasteiger partial charge in [0.1, 0.15) is 11.4 Å². The average Bonchev–Trinajstić information content (AvgIpc) is 2.61. The van der Waals surface area contributed by atoms with Crippen molar-refractivity contribution in [2.24, 2.45) is 7.05 Å². The number of hydrogen-bond donors (Lipinski definition) is 1. The molecular formula is C13H16FN3O2. The molecule has 0 aliphatic rings. The van der Waals surface area contributed by atoms with Crippen molar-refractivity contribution in [3.8, 4) is 0 Å². The zero-order valence-electron chi connectivity index (χ0n) is 11.3. The molecule has 102 valence electrons. The van der Waals surface area contributed by atoms with Crippen molar-refractivity contribution >= 4 is 22.7 Å². The highest BCUT2D eigenvalue weighted by molar-refractivity contribution is 5.98. The van der Waals surface area contributed by atoms with Crippen LogP contribution >= 0.6 is 0 Å². The lowest BCUT2D eigenvalue weighted by Gasteiger charge is -2.20. The van der Waals surface area contributed by atoms with Gasteiger partial charge in [-0.3, -0.25) is 10.00 Å². The molecule has 0 aliphatic carbocycles. The second-order valence-electron chi connectivity index (χ2n) is 5.28. The maximum Gasteiger partial charge on any atom is 0.412 e. The molecule has 0 saturated heterocycles. The zero-order chi connectivity index (χ0) is 14.2. The van der Waals surface area contributed by atoms with Gasteiger partial charge in [-0.1, -0.05) is 0 Å². The molecule has 0 radical (unpaired) electrons. The van der Waals surface area contributed by atoms with E-state index in [-0.39, 0.29) is 5.69 Å². The van der Waals surface area contributed by atoms with Gasteiger partial charge in [-0.25, -0.2) is 9.18 Å². The SMILES string of the molecule is Cn1cc2c(NC(=O)OC(C)(C)C)c(F)ccc2n1. The second-order valence-corrected chi connectivity index (χ2v) is 5.28. The van der Waals surface area contributed by atoms with Crippen LogP contribution in [-0.4, -0.2) is 21.5 Å². The summed E-state index contributed by atoms with van der Waals surface area (Å²) in [5.74, 6) is -0.522. The molecule has 2 aromatic rings. The number of amides is 1. The summed E-state index contributed by atoms with van der Waals surface area (Å²) >= 11 is 0. The Bertz CT molecular complexity index is 629. The van der Waals surface area contributed by atoms with Crippen molar-refractivity contribution in [3.63, 3.8) is 0 Å². The van der Waals surface area contributed by atoms with E-state index in [1.807, 2.05) is 0 Å².